The molecule has 11 nitrogen and oxygen atoms in total. The van der Waals surface area contributed by atoms with Crippen molar-refractivity contribution in [1.82, 2.24) is 10.2 Å². The lowest BCUT2D eigenvalue weighted by molar-refractivity contribution is -0.150. The molecule has 2 aliphatic heterocycles. The van der Waals surface area contributed by atoms with E-state index in [0.29, 0.717) is 29.9 Å². The Kier molecular flexibility index (Phi) is 9.26. The third kappa shape index (κ3) is 5.95. The number of carbonyl (C=O) groups excluding carboxylic acids is 3. The van der Waals surface area contributed by atoms with Gasteiger partial charge in [0.25, 0.3) is 5.91 Å². The monoisotopic (exact) mass is 517 g/mol. The highest BCUT2D eigenvalue weighted by molar-refractivity contribution is 8.00. The van der Waals surface area contributed by atoms with Gasteiger partial charge in [0.2, 0.25) is 5.91 Å². The molecule has 36 heavy (non-hydrogen) atoms. The molecule has 0 spiro atoms. The fourth-order valence-corrected chi connectivity index (χ4v) is 5.25. The number of nitrogens with two attached hydrogens (primary N) is 3. The Balaban J connectivity index is 1.58. The molecule has 4 atom stereocenters. The number of unbranched alkanes of at least 4 members (excludes halogenated alkanes) is 1. The van der Waals surface area contributed by atoms with Crippen molar-refractivity contribution in [3.05, 3.63) is 53.3 Å². The van der Waals surface area contributed by atoms with Crippen LogP contribution in [0.3, 0.4) is 0 Å². The summed E-state index contributed by atoms with van der Waals surface area (Å²) in [5.74, 6) is -2.18. The summed E-state index contributed by atoms with van der Waals surface area (Å²) in [5.41, 5.74) is 18.3. The standard InChI is InChI=1S/C24H31N5O6S/c1-2-5-14-12-36-22-18(21(31)29(22)19(14)23(32)33)28-20(30)17(27)13-7-9-15(10-8-13)35-24(34)16(26)6-3-4-11-25/h2,5,7-10,16-18,22H,3-4,6,11-12,25-27H2,1H3,(H,28,30)(H,32,33)/t16-,17+,18+,22-/m0/s1. The van der Waals surface area contributed by atoms with Gasteiger partial charge in [-0.15, -0.1) is 11.8 Å². The predicted octanol–water partition coefficient (Wildman–Crippen LogP) is 0.363. The molecule has 2 heterocycles. The molecule has 194 valence electrons. The van der Waals surface area contributed by atoms with Gasteiger partial charge in [-0.25, -0.2) is 9.59 Å². The van der Waals surface area contributed by atoms with Crippen molar-refractivity contribution < 1.29 is 29.0 Å². The lowest BCUT2D eigenvalue weighted by Crippen LogP contribution is -2.71. The number of hydrogen-bond acceptors (Lipinski definition) is 9. The Morgan fingerprint density at radius 3 is 2.56 bits per heavy atom. The number of carboxylic acids is 1. The summed E-state index contributed by atoms with van der Waals surface area (Å²) in [6.07, 6.45) is 5.34. The lowest BCUT2D eigenvalue weighted by atomic mass is 10.0. The number of β-lactam (4-membered cyclic amide) rings is 1. The Labute approximate surface area is 213 Å². The number of thioether (sulfide) groups is 1. The van der Waals surface area contributed by atoms with Crippen LogP contribution in [0.15, 0.2) is 47.7 Å². The number of esters is 1. The van der Waals surface area contributed by atoms with Gasteiger partial charge >= 0.3 is 11.9 Å². The van der Waals surface area contributed by atoms with Crippen LogP contribution in [0.25, 0.3) is 0 Å². The smallest absolute Gasteiger partial charge is 0.352 e. The maximum Gasteiger partial charge on any atom is 0.352 e. The highest BCUT2D eigenvalue weighted by Crippen LogP contribution is 2.40. The number of allylic oxidation sites excluding steroid dienone is 2. The van der Waals surface area contributed by atoms with Gasteiger partial charge in [0.15, 0.2) is 0 Å². The minimum atomic E-state index is -1.19. The minimum Gasteiger partial charge on any atom is -0.477 e. The van der Waals surface area contributed by atoms with E-state index >= 15 is 0 Å². The Morgan fingerprint density at radius 1 is 1.25 bits per heavy atom. The first-order chi connectivity index (χ1) is 17.2. The summed E-state index contributed by atoms with van der Waals surface area (Å²) in [7, 11) is 0. The van der Waals surface area contributed by atoms with Gasteiger partial charge in [-0.05, 0) is 49.6 Å². The van der Waals surface area contributed by atoms with E-state index < -0.39 is 47.3 Å². The second-order valence-electron chi connectivity index (χ2n) is 8.43. The second kappa shape index (κ2) is 12.2. The molecule has 1 saturated heterocycles. The van der Waals surface area contributed by atoms with Gasteiger partial charge in [-0.2, -0.15) is 0 Å². The van der Waals surface area contributed by atoms with Crippen molar-refractivity contribution >= 4 is 35.5 Å². The SMILES string of the molecule is CC=CC1=C(C(=O)O)N2C(=O)[C@@H](NC(=O)[C@H](N)c3ccc(OC(=O)[C@@H](N)CCCCN)cc3)[C@@H]2SC1. The molecule has 12 heteroatoms. The van der Waals surface area contributed by atoms with Crippen molar-refractivity contribution in [1.29, 1.82) is 0 Å². The van der Waals surface area contributed by atoms with Crippen molar-refractivity contribution in [2.24, 2.45) is 17.2 Å². The van der Waals surface area contributed by atoms with Crippen LogP contribution in [0, 0.1) is 0 Å². The van der Waals surface area contributed by atoms with Crippen LogP contribution in [0.4, 0.5) is 0 Å². The van der Waals surface area contributed by atoms with Gasteiger partial charge in [0.1, 0.15) is 34.9 Å². The number of rotatable bonds is 11. The maximum atomic E-state index is 12.8. The van der Waals surface area contributed by atoms with Gasteiger partial charge in [0.05, 0.1) is 0 Å². The summed E-state index contributed by atoms with van der Waals surface area (Å²) in [6.45, 7) is 2.30. The lowest BCUT2D eigenvalue weighted by Gasteiger charge is -2.49. The number of aliphatic carboxylic acids is 1. The zero-order chi connectivity index (χ0) is 26.4. The van der Waals surface area contributed by atoms with E-state index in [-0.39, 0.29) is 11.4 Å². The first kappa shape index (κ1) is 27.4. The number of amides is 2. The predicted molar refractivity (Wildman–Crippen MR) is 134 cm³/mol. The summed E-state index contributed by atoms with van der Waals surface area (Å²) in [4.78, 5) is 50.5. The molecule has 1 aromatic rings. The average Bonchev–Trinajstić information content (AvgIpc) is 2.86. The largest absolute Gasteiger partial charge is 0.477 e. The van der Waals surface area contributed by atoms with Crippen molar-refractivity contribution in [2.75, 3.05) is 12.3 Å². The van der Waals surface area contributed by atoms with E-state index in [1.807, 2.05) is 0 Å². The Hall–Kier alpha value is -3.19. The maximum absolute atomic E-state index is 12.8. The molecule has 0 bridgehead atoms. The van der Waals surface area contributed by atoms with E-state index in [1.165, 1.54) is 28.8 Å². The first-order valence-electron chi connectivity index (χ1n) is 11.6. The number of nitrogens with zero attached hydrogens (tertiary/aromatic N) is 1. The molecule has 8 N–H and O–H groups in total. The van der Waals surface area contributed by atoms with Crippen molar-refractivity contribution in [3.8, 4) is 5.75 Å². The van der Waals surface area contributed by atoms with Crippen LogP contribution < -0.4 is 27.3 Å². The van der Waals surface area contributed by atoms with Crippen LogP contribution in [0.2, 0.25) is 0 Å². The van der Waals surface area contributed by atoms with E-state index in [1.54, 1.807) is 31.2 Å². The highest BCUT2D eigenvalue weighted by atomic mass is 32.2. The van der Waals surface area contributed by atoms with Crippen molar-refractivity contribution in [2.45, 2.75) is 49.7 Å². The molecule has 0 radical (unpaired) electrons. The van der Waals surface area contributed by atoms with E-state index in [4.69, 9.17) is 21.9 Å². The number of nitrogens with one attached hydrogen (secondary N) is 1. The third-order valence-corrected chi connectivity index (χ3v) is 7.18. The molecule has 1 aromatic carbocycles. The van der Waals surface area contributed by atoms with Gasteiger partial charge < -0.3 is 32.4 Å². The fraction of sp³-hybridized carbons (Fsp3) is 0.417. The molecular weight excluding hydrogens is 486 g/mol. The number of hydrogen-bond donors (Lipinski definition) is 5. The second-order valence-corrected chi connectivity index (χ2v) is 9.54. The van der Waals surface area contributed by atoms with Gasteiger partial charge in [0, 0.05) is 5.75 Å². The Morgan fingerprint density at radius 2 is 1.94 bits per heavy atom. The molecule has 0 unspecified atom stereocenters. The summed E-state index contributed by atoms with van der Waals surface area (Å²) in [6, 6.07) is 3.39. The molecule has 1 fully saturated rings. The molecule has 2 aliphatic rings. The normalized spacial score (nSPS) is 21.0. The van der Waals surface area contributed by atoms with E-state index in [9.17, 15) is 24.3 Å². The number of carboxylic acid groups (broad SMARTS) is 1. The summed E-state index contributed by atoms with van der Waals surface area (Å²) >= 11 is 1.37. The van der Waals surface area contributed by atoms with Crippen LogP contribution in [-0.4, -0.2) is 63.5 Å². The number of benzene rings is 1. The molecule has 0 aliphatic carbocycles. The minimum absolute atomic E-state index is 0.0686. The van der Waals surface area contributed by atoms with E-state index in [0.717, 1.165) is 12.8 Å². The Bertz CT molecular complexity index is 1070. The zero-order valence-corrected chi connectivity index (χ0v) is 20.7. The number of carbonyl (C=O) groups is 4. The van der Waals surface area contributed by atoms with Crippen molar-refractivity contribution in [3.63, 3.8) is 0 Å². The van der Waals surface area contributed by atoms with Crippen LogP contribution >= 0.6 is 11.8 Å². The fourth-order valence-electron chi connectivity index (χ4n) is 3.93. The van der Waals surface area contributed by atoms with Gasteiger partial charge in [-0.1, -0.05) is 30.7 Å². The summed E-state index contributed by atoms with van der Waals surface area (Å²) < 4.78 is 5.28. The summed E-state index contributed by atoms with van der Waals surface area (Å²) in [5, 5.41) is 11.7. The van der Waals surface area contributed by atoms with Crippen LogP contribution in [0.5, 0.6) is 5.75 Å². The van der Waals surface area contributed by atoms with Crippen LogP contribution in [0.1, 0.15) is 37.8 Å². The first-order valence-corrected chi connectivity index (χ1v) is 12.6. The quantitative estimate of drug-likeness (QED) is 0.118. The topological polar surface area (TPSA) is 191 Å². The molecule has 2 amide bonds. The molecule has 3 rings (SSSR count). The van der Waals surface area contributed by atoms with Gasteiger partial charge in [-0.3, -0.25) is 14.5 Å². The van der Waals surface area contributed by atoms with Crippen LogP contribution in [-0.2, 0) is 19.2 Å². The van der Waals surface area contributed by atoms with E-state index in [2.05, 4.69) is 5.32 Å². The number of fused-ring (bicyclic) bond motifs is 1. The average molecular weight is 518 g/mol. The molecule has 0 saturated carbocycles. The molecular formula is C24H31N5O6S. The highest BCUT2D eigenvalue weighted by Gasteiger charge is 2.54. The molecule has 0 aromatic heterocycles. The third-order valence-electron chi connectivity index (χ3n) is 5.88. The zero-order valence-electron chi connectivity index (χ0n) is 19.9. The number of ether oxygens (including phenoxy) is 1.